The largest absolute Gasteiger partial charge is 0.464 e. The normalized spacial score (nSPS) is 20.1. The molecular weight excluding hydrogens is 340 g/mol. The minimum absolute atomic E-state index is 0.0674. The van der Waals surface area contributed by atoms with E-state index in [1.54, 1.807) is 6.92 Å². The van der Waals surface area contributed by atoms with Gasteiger partial charge in [-0.25, -0.2) is 4.79 Å². The Kier molecular flexibility index (Phi) is 6.87. The van der Waals surface area contributed by atoms with Crippen LogP contribution in [0.4, 0.5) is 5.69 Å². The average Bonchev–Trinajstić information content (AvgIpc) is 2.57. The molecule has 1 fully saturated rings. The summed E-state index contributed by atoms with van der Waals surface area (Å²) < 4.78 is 4.91. The van der Waals surface area contributed by atoms with Gasteiger partial charge in [-0.2, -0.15) is 0 Å². The third-order valence-corrected chi connectivity index (χ3v) is 5.18. The zero-order chi connectivity index (χ0) is 18.4. The maximum Gasteiger partial charge on any atom is 0.329 e. The Labute approximate surface area is 152 Å². The summed E-state index contributed by atoms with van der Waals surface area (Å²) >= 11 is 1.31. The van der Waals surface area contributed by atoms with Gasteiger partial charge in [-0.05, 0) is 30.5 Å². The van der Waals surface area contributed by atoms with Crippen molar-refractivity contribution < 1.29 is 19.1 Å². The Balaban J connectivity index is 1.84. The van der Waals surface area contributed by atoms with Crippen molar-refractivity contribution in [2.45, 2.75) is 44.4 Å². The van der Waals surface area contributed by atoms with Crippen molar-refractivity contribution in [2.75, 3.05) is 17.7 Å². The summed E-state index contributed by atoms with van der Waals surface area (Å²) in [5.41, 5.74) is 1.91. The summed E-state index contributed by atoms with van der Waals surface area (Å²) in [7, 11) is 0. The monoisotopic (exact) mass is 364 g/mol. The molecule has 0 spiro atoms. The van der Waals surface area contributed by atoms with E-state index in [0.29, 0.717) is 17.4 Å². The molecule has 0 aromatic heterocycles. The zero-order valence-electron chi connectivity index (χ0n) is 14.7. The van der Waals surface area contributed by atoms with Gasteiger partial charge in [-0.1, -0.05) is 26.0 Å². The van der Waals surface area contributed by atoms with Crippen LogP contribution in [-0.4, -0.2) is 41.4 Å². The van der Waals surface area contributed by atoms with E-state index in [1.807, 2.05) is 24.3 Å². The molecule has 25 heavy (non-hydrogen) atoms. The number of esters is 1. The molecule has 0 bridgehead atoms. The van der Waals surface area contributed by atoms with Gasteiger partial charge in [-0.3, -0.25) is 9.59 Å². The second-order valence-corrected chi connectivity index (χ2v) is 7.40. The van der Waals surface area contributed by atoms with Gasteiger partial charge >= 0.3 is 5.97 Å². The number of hydrogen-bond acceptors (Lipinski definition) is 5. The van der Waals surface area contributed by atoms with Crippen LogP contribution in [0.5, 0.6) is 0 Å². The number of ether oxygens (including phenoxy) is 1. The van der Waals surface area contributed by atoms with Crippen molar-refractivity contribution in [3.05, 3.63) is 29.8 Å². The maximum absolute atomic E-state index is 12.2. The van der Waals surface area contributed by atoms with Gasteiger partial charge in [-0.15, -0.1) is 11.8 Å². The van der Waals surface area contributed by atoms with Crippen molar-refractivity contribution in [1.29, 1.82) is 0 Å². The first-order valence-corrected chi connectivity index (χ1v) is 9.44. The van der Waals surface area contributed by atoms with Gasteiger partial charge in [0.1, 0.15) is 6.04 Å². The highest BCUT2D eigenvalue weighted by Crippen LogP contribution is 2.23. The van der Waals surface area contributed by atoms with Crippen LogP contribution in [0.2, 0.25) is 0 Å². The third kappa shape index (κ3) is 5.49. The lowest BCUT2D eigenvalue weighted by molar-refractivity contribution is -0.146. The van der Waals surface area contributed by atoms with Crippen molar-refractivity contribution in [3.8, 4) is 0 Å². The van der Waals surface area contributed by atoms with E-state index in [1.165, 1.54) is 17.3 Å². The molecule has 2 atom stereocenters. The lowest BCUT2D eigenvalue weighted by Gasteiger charge is -2.27. The fraction of sp³-hybridized carbons (Fsp3) is 0.500. The molecule has 136 valence electrons. The maximum atomic E-state index is 12.2. The molecule has 0 aliphatic carbocycles. The van der Waals surface area contributed by atoms with Gasteiger partial charge in [0, 0.05) is 17.9 Å². The van der Waals surface area contributed by atoms with E-state index < -0.39 is 17.3 Å². The molecule has 1 aliphatic heterocycles. The number of amides is 2. The molecule has 2 rings (SSSR count). The summed E-state index contributed by atoms with van der Waals surface area (Å²) in [5, 5.41) is 4.93. The predicted octanol–water partition coefficient (Wildman–Crippen LogP) is 2.30. The zero-order valence-corrected chi connectivity index (χ0v) is 15.5. The molecule has 0 radical (unpaired) electrons. The van der Waals surface area contributed by atoms with Crippen LogP contribution < -0.4 is 10.6 Å². The first-order chi connectivity index (χ1) is 11.9. The van der Waals surface area contributed by atoms with Crippen molar-refractivity contribution in [2.24, 2.45) is 0 Å². The molecule has 7 heteroatoms. The molecule has 1 aromatic carbocycles. The quantitative estimate of drug-likeness (QED) is 0.757. The van der Waals surface area contributed by atoms with E-state index in [-0.39, 0.29) is 24.8 Å². The van der Waals surface area contributed by atoms with Crippen molar-refractivity contribution in [3.63, 3.8) is 0 Å². The number of carbonyl (C=O) groups is 3. The van der Waals surface area contributed by atoms with Crippen LogP contribution in [0.25, 0.3) is 0 Å². The molecule has 1 aliphatic rings. The fourth-order valence-electron chi connectivity index (χ4n) is 2.45. The smallest absolute Gasteiger partial charge is 0.329 e. The molecule has 0 saturated carbocycles. The molecular formula is C18H24N2O4S. The molecule has 2 N–H and O–H groups in total. The second-order valence-electron chi connectivity index (χ2n) is 6.16. The molecule has 1 aromatic rings. The predicted molar refractivity (Wildman–Crippen MR) is 98.6 cm³/mol. The second kappa shape index (κ2) is 8.89. The summed E-state index contributed by atoms with van der Waals surface area (Å²) in [4.78, 5) is 35.9. The Hall–Kier alpha value is -2.02. The first kappa shape index (κ1) is 19.3. The van der Waals surface area contributed by atoms with Crippen LogP contribution in [-0.2, 0) is 19.1 Å². The van der Waals surface area contributed by atoms with E-state index in [9.17, 15) is 14.4 Å². The molecule has 1 saturated heterocycles. The highest BCUT2D eigenvalue weighted by Gasteiger charge is 2.34. The third-order valence-electron chi connectivity index (χ3n) is 3.88. The molecule has 0 unspecified atom stereocenters. The number of hydrogen-bond donors (Lipinski definition) is 2. The van der Waals surface area contributed by atoms with Crippen LogP contribution >= 0.6 is 11.8 Å². The van der Waals surface area contributed by atoms with E-state index in [4.69, 9.17) is 4.74 Å². The lowest BCUT2D eigenvalue weighted by atomic mass is 10.0. The summed E-state index contributed by atoms with van der Waals surface area (Å²) in [5.74, 6) is -0.124. The van der Waals surface area contributed by atoms with Crippen LogP contribution in [0, 0.1) is 0 Å². The number of nitrogens with one attached hydrogen (secondary N) is 2. The van der Waals surface area contributed by atoms with E-state index in [2.05, 4.69) is 24.5 Å². The summed E-state index contributed by atoms with van der Waals surface area (Å²) in [6.07, 6.45) is 0.0674. The van der Waals surface area contributed by atoms with Crippen LogP contribution in [0.15, 0.2) is 24.3 Å². The van der Waals surface area contributed by atoms with Crippen LogP contribution in [0.3, 0.4) is 0 Å². The van der Waals surface area contributed by atoms with Gasteiger partial charge in [0.05, 0.1) is 11.9 Å². The Morgan fingerprint density at radius 3 is 2.56 bits per heavy atom. The average molecular weight is 364 g/mol. The fourth-order valence-corrected chi connectivity index (χ4v) is 3.58. The van der Waals surface area contributed by atoms with Crippen molar-refractivity contribution >= 4 is 35.2 Å². The minimum Gasteiger partial charge on any atom is -0.464 e. The SMILES string of the molecule is CCOC(=O)[C@@H]1CS[C@H](CC(=O)Nc2ccc(C(C)C)cc2)C(=O)N1. The van der Waals surface area contributed by atoms with Gasteiger partial charge < -0.3 is 15.4 Å². The standard InChI is InChI=1S/C18H24N2O4S/c1-4-24-18(23)14-10-25-15(17(22)20-14)9-16(21)19-13-7-5-12(6-8-13)11(2)3/h5-8,11,14-15H,4,9-10H2,1-3H3,(H,19,21)(H,20,22)/t14-,15+/m0/s1. The topological polar surface area (TPSA) is 84.5 Å². The highest BCUT2D eigenvalue weighted by atomic mass is 32.2. The Bertz CT molecular complexity index is 630. The Morgan fingerprint density at radius 1 is 1.32 bits per heavy atom. The van der Waals surface area contributed by atoms with E-state index in [0.717, 1.165) is 0 Å². The van der Waals surface area contributed by atoms with Crippen molar-refractivity contribution in [1.82, 2.24) is 5.32 Å². The number of benzene rings is 1. The first-order valence-electron chi connectivity index (χ1n) is 8.39. The van der Waals surface area contributed by atoms with Gasteiger partial charge in [0.2, 0.25) is 11.8 Å². The summed E-state index contributed by atoms with van der Waals surface area (Å²) in [6, 6.07) is 7.04. The van der Waals surface area contributed by atoms with Gasteiger partial charge in [0.15, 0.2) is 0 Å². The molecule has 1 heterocycles. The minimum atomic E-state index is -0.639. The van der Waals surface area contributed by atoms with E-state index >= 15 is 0 Å². The highest BCUT2D eigenvalue weighted by molar-refractivity contribution is 8.00. The number of carbonyl (C=O) groups excluding carboxylic acids is 3. The molecule has 2 amide bonds. The number of rotatable bonds is 6. The number of thioether (sulfide) groups is 1. The summed E-state index contributed by atoms with van der Waals surface area (Å²) in [6.45, 7) is 6.21. The van der Waals surface area contributed by atoms with Gasteiger partial charge in [0.25, 0.3) is 0 Å². The van der Waals surface area contributed by atoms with Crippen LogP contribution in [0.1, 0.15) is 38.7 Å². The Morgan fingerprint density at radius 2 is 2.00 bits per heavy atom. The molecule has 6 nitrogen and oxygen atoms in total. The lowest BCUT2D eigenvalue weighted by Crippen LogP contribution is -2.51. The number of anilines is 1.